The van der Waals surface area contributed by atoms with Crippen molar-refractivity contribution in [1.29, 1.82) is 0 Å². The lowest BCUT2D eigenvalue weighted by Crippen LogP contribution is -2.32. The highest BCUT2D eigenvalue weighted by atomic mass is 16.5. The molecule has 1 aromatic carbocycles. The fourth-order valence-corrected chi connectivity index (χ4v) is 1.82. The number of ether oxygens (including phenoxy) is 1. The van der Waals surface area contributed by atoms with E-state index in [1.165, 1.54) is 5.56 Å². The molecule has 4 heteroatoms. The molecule has 1 aromatic rings. The van der Waals surface area contributed by atoms with Crippen LogP contribution in [0.3, 0.4) is 0 Å². The molecule has 0 radical (unpaired) electrons. The predicted octanol–water partition coefficient (Wildman–Crippen LogP) is 1.27. The quantitative estimate of drug-likeness (QED) is 0.702. The molecule has 1 rings (SSSR count). The average Bonchev–Trinajstić information content (AvgIpc) is 2.34. The summed E-state index contributed by atoms with van der Waals surface area (Å²) in [7, 11) is 1.69. The molecule has 1 atom stereocenters. The summed E-state index contributed by atoms with van der Waals surface area (Å²) in [4.78, 5) is 2.19. The molecular formula is C13H22N2O2. The van der Waals surface area contributed by atoms with Gasteiger partial charge in [-0.3, -0.25) is 4.90 Å². The number of rotatable bonds is 7. The van der Waals surface area contributed by atoms with Crippen LogP contribution in [0.2, 0.25) is 0 Å². The summed E-state index contributed by atoms with van der Waals surface area (Å²) < 4.78 is 5.08. The number of aliphatic hydroxyl groups excluding tert-OH is 1. The molecule has 0 aromatic heterocycles. The van der Waals surface area contributed by atoms with E-state index < -0.39 is 0 Å². The maximum absolute atomic E-state index is 9.07. The van der Waals surface area contributed by atoms with Crippen LogP contribution < -0.4 is 5.73 Å². The number of hydrogen-bond acceptors (Lipinski definition) is 4. The molecule has 0 amide bonds. The number of nitrogens with zero attached hydrogens (tertiary/aromatic N) is 1. The fraction of sp³-hybridized carbons (Fsp3) is 0.538. The number of hydrogen-bond donors (Lipinski definition) is 2. The first kappa shape index (κ1) is 14.0. The molecule has 0 aliphatic heterocycles. The van der Waals surface area contributed by atoms with Gasteiger partial charge in [-0.1, -0.05) is 12.1 Å². The van der Waals surface area contributed by atoms with Gasteiger partial charge in [-0.2, -0.15) is 0 Å². The smallest absolute Gasteiger partial charge is 0.0589 e. The standard InChI is InChI=1S/C13H22N2O2/c1-11(12-3-5-13(14)6-4-12)15(7-9-16)8-10-17-2/h3-6,11,16H,7-10,14H2,1-2H3. The Balaban J connectivity index is 2.68. The van der Waals surface area contributed by atoms with Crippen molar-refractivity contribution in [1.82, 2.24) is 4.90 Å². The second-order valence-corrected chi connectivity index (χ2v) is 4.10. The summed E-state index contributed by atoms with van der Waals surface area (Å²) in [5.41, 5.74) is 7.64. The Kier molecular flexibility index (Phi) is 5.97. The van der Waals surface area contributed by atoms with Gasteiger partial charge in [0.25, 0.3) is 0 Å². The van der Waals surface area contributed by atoms with E-state index in [0.717, 1.165) is 12.2 Å². The van der Waals surface area contributed by atoms with Gasteiger partial charge in [0.05, 0.1) is 13.2 Å². The maximum atomic E-state index is 9.07. The topological polar surface area (TPSA) is 58.7 Å². The summed E-state index contributed by atoms with van der Waals surface area (Å²) in [5.74, 6) is 0. The van der Waals surface area contributed by atoms with Gasteiger partial charge in [-0.25, -0.2) is 0 Å². The zero-order chi connectivity index (χ0) is 12.7. The molecule has 3 N–H and O–H groups in total. The van der Waals surface area contributed by atoms with Crippen LogP contribution in [0.5, 0.6) is 0 Å². The van der Waals surface area contributed by atoms with Gasteiger partial charge in [-0.15, -0.1) is 0 Å². The van der Waals surface area contributed by atoms with Crippen LogP contribution in [-0.4, -0.2) is 43.4 Å². The SMILES string of the molecule is COCCN(CCO)C(C)c1ccc(N)cc1. The lowest BCUT2D eigenvalue weighted by Gasteiger charge is -2.28. The largest absolute Gasteiger partial charge is 0.399 e. The van der Waals surface area contributed by atoms with Crippen molar-refractivity contribution in [3.05, 3.63) is 29.8 Å². The molecule has 17 heavy (non-hydrogen) atoms. The highest BCUT2D eigenvalue weighted by Gasteiger charge is 2.14. The van der Waals surface area contributed by atoms with Gasteiger partial charge in [0.2, 0.25) is 0 Å². The minimum Gasteiger partial charge on any atom is -0.399 e. The first-order chi connectivity index (χ1) is 8.19. The number of methoxy groups -OCH3 is 1. The third kappa shape index (κ3) is 4.34. The number of aliphatic hydroxyl groups is 1. The summed E-state index contributed by atoms with van der Waals surface area (Å²) in [6.45, 7) is 4.40. The molecule has 0 heterocycles. The van der Waals surface area contributed by atoms with Crippen LogP contribution in [-0.2, 0) is 4.74 Å². The van der Waals surface area contributed by atoms with E-state index in [1.54, 1.807) is 7.11 Å². The minimum absolute atomic E-state index is 0.156. The van der Waals surface area contributed by atoms with Gasteiger partial charge in [-0.05, 0) is 24.6 Å². The van der Waals surface area contributed by atoms with Gasteiger partial charge in [0.15, 0.2) is 0 Å². The van der Waals surface area contributed by atoms with Crippen molar-refractivity contribution in [2.45, 2.75) is 13.0 Å². The van der Waals surface area contributed by atoms with Crippen LogP contribution in [0.4, 0.5) is 5.69 Å². The fourth-order valence-electron chi connectivity index (χ4n) is 1.82. The zero-order valence-corrected chi connectivity index (χ0v) is 10.6. The highest BCUT2D eigenvalue weighted by Crippen LogP contribution is 2.20. The Hall–Kier alpha value is -1.10. The first-order valence-corrected chi connectivity index (χ1v) is 5.88. The van der Waals surface area contributed by atoms with Gasteiger partial charge in [0.1, 0.15) is 0 Å². The third-order valence-electron chi connectivity index (χ3n) is 2.94. The van der Waals surface area contributed by atoms with E-state index in [2.05, 4.69) is 11.8 Å². The van der Waals surface area contributed by atoms with Crippen LogP contribution >= 0.6 is 0 Å². The Labute approximate surface area is 103 Å². The minimum atomic E-state index is 0.156. The molecule has 0 spiro atoms. The van der Waals surface area contributed by atoms with Crippen LogP contribution in [0, 0.1) is 0 Å². The second kappa shape index (κ2) is 7.27. The predicted molar refractivity (Wildman–Crippen MR) is 69.8 cm³/mol. The number of anilines is 1. The van der Waals surface area contributed by atoms with Crippen LogP contribution in [0.1, 0.15) is 18.5 Å². The van der Waals surface area contributed by atoms with Crippen molar-refractivity contribution < 1.29 is 9.84 Å². The molecule has 0 aliphatic rings. The number of nitrogen functional groups attached to an aromatic ring is 1. The van der Waals surface area contributed by atoms with E-state index in [0.29, 0.717) is 13.2 Å². The monoisotopic (exact) mass is 238 g/mol. The lowest BCUT2D eigenvalue weighted by molar-refractivity contribution is 0.106. The molecule has 96 valence electrons. The third-order valence-corrected chi connectivity index (χ3v) is 2.94. The van der Waals surface area contributed by atoms with Gasteiger partial charge >= 0.3 is 0 Å². The van der Waals surface area contributed by atoms with Crippen LogP contribution in [0.15, 0.2) is 24.3 Å². The Morgan fingerprint density at radius 2 is 1.94 bits per heavy atom. The van der Waals surface area contributed by atoms with Gasteiger partial charge in [0, 0.05) is 31.9 Å². The summed E-state index contributed by atoms with van der Waals surface area (Å²) in [6.07, 6.45) is 0. The normalized spacial score (nSPS) is 12.9. The van der Waals surface area contributed by atoms with E-state index in [-0.39, 0.29) is 12.6 Å². The van der Waals surface area contributed by atoms with E-state index in [9.17, 15) is 0 Å². The molecule has 1 unspecified atom stereocenters. The van der Waals surface area contributed by atoms with Crippen molar-refractivity contribution in [3.63, 3.8) is 0 Å². The highest BCUT2D eigenvalue weighted by molar-refractivity contribution is 5.40. The van der Waals surface area contributed by atoms with Crippen LogP contribution in [0.25, 0.3) is 0 Å². The molecule has 0 saturated heterocycles. The van der Waals surface area contributed by atoms with Crippen molar-refractivity contribution in [2.75, 3.05) is 39.1 Å². The summed E-state index contributed by atoms with van der Waals surface area (Å²) in [5, 5.41) is 9.07. The molecular weight excluding hydrogens is 216 g/mol. The average molecular weight is 238 g/mol. The second-order valence-electron chi connectivity index (χ2n) is 4.10. The van der Waals surface area contributed by atoms with E-state index >= 15 is 0 Å². The molecule has 0 aliphatic carbocycles. The van der Waals surface area contributed by atoms with Crippen molar-refractivity contribution in [3.8, 4) is 0 Å². The Bertz CT molecular complexity index is 314. The zero-order valence-electron chi connectivity index (χ0n) is 10.6. The van der Waals surface area contributed by atoms with E-state index in [4.69, 9.17) is 15.6 Å². The number of nitrogens with two attached hydrogens (primary N) is 1. The Morgan fingerprint density at radius 1 is 1.29 bits per heavy atom. The van der Waals surface area contributed by atoms with Crippen molar-refractivity contribution >= 4 is 5.69 Å². The lowest BCUT2D eigenvalue weighted by atomic mass is 10.1. The molecule has 0 bridgehead atoms. The number of benzene rings is 1. The maximum Gasteiger partial charge on any atom is 0.0589 e. The molecule has 4 nitrogen and oxygen atoms in total. The van der Waals surface area contributed by atoms with Gasteiger partial charge < -0.3 is 15.6 Å². The summed E-state index contributed by atoms with van der Waals surface area (Å²) >= 11 is 0. The Morgan fingerprint density at radius 3 is 2.47 bits per heavy atom. The van der Waals surface area contributed by atoms with Crippen molar-refractivity contribution in [2.24, 2.45) is 0 Å². The summed E-state index contributed by atoms with van der Waals surface area (Å²) in [6, 6.07) is 8.10. The molecule has 0 fully saturated rings. The first-order valence-electron chi connectivity index (χ1n) is 5.88. The molecule has 0 saturated carbocycles. The van der Waals surface area contributed by atoms with E-state index in [1.807, 2.05) is 24.3 Å².